The van der Waals surface area contributed by atoms with Crippen LogP contribution in [0.15, 0.2) is 46.1 Å². The van der Waals surface area contributed by atoms with Gasteiger partial charge in [0, 0.05) is 44.2 Å². The van der Waals surface area contributed by atoms with Crippen molar-refractivity contribution in [1.29, 1.82) is 0 Å². The zero-order valence-electron chi connectivity index (χ0n) is 19.0. The predicted molar refractivity (Wildman–Crippen MR) is 119 cm³/mol. The zero-order valence-corrected chi connectivity index (χ0v) is 19.9. The van der Waals surface area contributed by atoms with Gasteiger partial charge >= 0.3 is 5.97 Å². The molecule has 10 nitrogen and oxygen atoms in total. The third-order valence-electron chi connectivity index (χ3n) is 4.98. The van der Waals surface area contributed by atoms with Crippen LogP contribution < -0.4 is 5.32 Å². The van der Waals surface area contributed by atoms with Crippen molar-refractivity contribution in [2.45, 2.75) is 39.7 Å². The molecule has 2 rings (SSSR count). The van der Waals surface area contributed by atoms with Crippen LogP contribution in [0.2, 0.25) is 0 Å². The van der Waals surface area contributed by atoms with Gasteiger partial charge in [0.2, 0.25) is 10.0 Å². The number of nitrogens with zero attached hydrogens (tertiary/aromatic N) is 2. The number of rotatable bonds is 9. The summed E-state index contributed by atoms with van der Waals surface area (Å²) in [5, 5.41) is 14.3. The maximum atomic E-state index is 13.6. The number of nitro benzene ring substituents is 1. The van der Waals surface area contributed by atoms with Crippen LogP contribution >= 0.6 is 0 Å². The van der Waals surface area contributed by atoms with Gasteiger partial charge in [-0.05, 0) is 33.3 Å². The quantitative estimate of drug-likeness (QED) is 0.333. The van der Waals surface area contributed by atoms with E-state index in [0.29, 0.717) is 17.0 Å². The number of nitrogens with one attached hydrogen (secondary N) is 1. The number of hydrogen-bond donors (Lipinski definition) is 1. The summed E-state index contributed by atoms with van der Waals surface area (Å²) in [7, 11) is -1.20. The molecule has 1 heterocycles. The van der Waals surface area contributed by atoms with Crippen LogP contribution in [0.25, 0.3) is 0 Å². The Hall–Kier alpha value is -2.76. The number of ether oxygens (including phenoxy) is 2. The van der Waals surface area contributed by atoms with Crippen LogP contribution in [0.4, 0.5) is 5.69 Å². The van der Waals surface area contributed by atoms with E-state index in [1.807, 2.05) is 0 Å². The fourth-order valence-electron chi connectivity index (χ4n) is 3.51. The van der Waals surface area contributed by atoms with E-state index in [1.54, 1.807) is 33.8 Å². The number of sulfonamides is 1. The van der Waals surface area contributed by atoms with Crippen LogP contribution in [-0.4, -0.2) is 57.0 Å². The monoisotopic (exact) mass is 467 g/mol. The van der Waals surface area contributed by atoms with Crippen molar-refractivity contribution < 1.29 is 27.6 Å². The van der Waals surface area contributed by atoms with Gasteiger partial charge in [-0.2, -0.15) is 4.31 Å². The lowest BCUT2D eigenvalue weighted by Gasteiger charge is -2.33. The zero-order chi connectivity index (χ0) is 24.2. The normalized spacial score (nSPS) is 17.1. The summed E-state index contributed by atoms with van der Waals surface area (Å²) in [5.41, 5.74) is 0.919. The van der Waals surface area contributed by atoms with Gasteiger partial charge in [0.1, 0.15) is 0 Å². The third-order valence-corrected chi connectivity index (χ3v) is 7.08. The van der Waals surface area contributed by atoms with Crippen molar-refractivity contribution in [2.75, 3.05) is 27.3 Å². The van der Waals surface area contributed by atoms with E-state index in [-0.39, 0.29) is 29.3 Å². The minimum atomic E-state index is -4.07. The van der Waals surface area contributed by atoms with Gasteiger partial charge in [-0.25, -0.2) is 13.2 Å². The molecule has 0 aromatic heterocycles. The highest BCUT2D eigenvalue weighted by Gasteiger charge is 2.42. The standard InChI is InChI=1S/C21H29N3O7S/c1-13(2)31-21(25)18-14(3)22-15(4)20(32(28,29)23(5)10-11-30-6)19(18)16-8-7-9-17(12-16)24(26)27/h7-9,12-13,19,22H,10-11H2,1-6H3. The van der Waals surface area contributed by atoms with E-state index >= 15 is 0 Å². The van der Waals surface area contributed by atoms with Crippen molar-refractivity contribution in [2.24, 2.45) is 0 Å². The lowest BCUT2D eigenvalue weighted by molar-refractivity contribution is -0.384. The summed E-state index contributed by atoms with van der Waals surface area (Å²) in [5.74, 6) is -1.78. The maximum absolute atomic E-state index is 13.6. The number of benzene rings is 1. The third kappa shape index (κ3) is 5.34. The topological polar surface area (TPSA) is 128 Å². The first-order valence-electron chi connectivity index (χ1n) is 10.0. The van der Waals surface area contributed by atoms with Crippen molar-refractivity contribution in [3.63, 3.8) is 0 Å². The molecule has 0 amide bonds. The Balaban J connectivity index is 2.75. The van der Waals surface area contributed by atoms with Crippen molar-refractivity contribution in [1.82, 2.24) is 9.62 Å². The van der Waals surface area contributed by atoms with Gasteiger partial charge in [-0.15, -0.1) is 0 Å². The van der Waals surface area contributed by atoms with E-state index in [9.17, 15) is 23.3 Å². The first-order valence-corrected chi connectivity index (χ1v) is 11.4. The van der Waals surface area contributed by atoms with Crippen molar-refractivity contribution in [3.8, 4) is 0 Å². The van der Waals surface area contributed by atoms with E-state index in [4.69, 9.17) is 9.47 Å². The molecule has 32 heavy (non-hydrogen) atoms. The Morgan fingerprint density at radius 3 is 2.50 bits per heavy atom. The van der Waals surface area contributed by atoms with Gasteiger partial charge < -0.3 is 14.8 Å². The molecule has 1 unspecified atom stereocenters. The van der Waals surface area contributed by atoms with Crippen LogP contribution in [0.3, 0.4) is 0 Å². The highest BCUT2D eigenvalue weighted by Crippen LogP contribution is 2.42. The van der Waals surface area contributed by atoms with E-state index in [1.165, 1.54) is 32.4 Å². The van der Waals surface area contributed by atoms with E-state index < -0.39 is 32.9 Å². The van der Waals surface area contributed by atoms with Crippen LogP contribution in [0.5, 0.6) is 0 Å². The van der Waals surface area contributed by atoms with Crippen LogP contribution in [0, 0.1) is 10.1 Å². The van der Waals surface area contributed by atoms with Gasteiger partial charge in [-0.3, -0.25) is 10.1 Å². The van der Waals surface area contributed by atoms with Crippen molar-refractivity contribution in [3.05, 3.63) is 61.8 Å². The first kappa shape index (κ1) is 25.5. The van der Waals surface area contributed by atoms with Crippen LogP contribution in [-0.2, 0) is 24.3 Å². The fourth-order valence-corrected chi connectivity index (χ4v) is 5.15. The molecule has 176 valence electrons. The molecule has 1 atom stereocenters. The number of carbonyl (C=O) groups excluding carboxylic acids is 1. The summed E-state index contributed by atoms with van der Waals surface area (Å²) in [6.07, 6.45) is -0.440. The Morgan fingerprint density at radius 1 is 1.28 bits per heavy atom. The Morgan fingerprint density at radius 2 is 1.94 bits per heavy atom. The fraction of sp³-hybridized carbons (Fsp3) is 0.476. The largest absolute Gasteiger partial charge is 0.460 e. The number of methoxy groups -OCH3 is 1. The molecule has 11 heteroatoms. The minimum absolute atomic E-state index is 0.0714. The summed E-state index contributed by atoms with van der Waals surface area (Å²) in [4.78, 5) is 23.8. The predicted octanol–water partition coefficient (Wildman–Crippen LogP) is 2.65. The second kappa shape index (κ2) is 10.2. The summed E-state index contributed by atoms with van der Waals surface area (Å²) >= 11 is 0. The number of likely N-dealkylation sites (N-methyl/N-ethyl adjacent to an activating group) is 1. The number of allylic oxidation sites excluding steroid dienone is 3. The number of dihydropyridines is 1. The first-order chi connectivity index (χ1) is 14.9. The Kier molecular flexibility index (Phi) is 8.16. The minimum Gasteiger partial charge on any atom is -0.460 e. The van der Waals surface area contributed by atoms with Gasteiger partial charge in [0.15, 0.2) is 0 Å². The molecule has 0 radical (unpaired) electrons. The maximum Gasteiger partial charge on any atom is 0.337 e. The summed E-state index contributed by atoms with van der Waals surface area (Å²) in [6, 6.07) is 5.62. The molecule has 1 N–H and O–H groups in total. The summed E-state index contributed by atoms with van der Waals surface area (Å²) in [6.45, 7) is 6.87. The lowest BCUT2D eigenvalue weighted by Crippen LogP contribution is -2.38. The average Bonchev–Trinajstić information content (AvgIpc) is 2.70. The molecule has 0 spiro atoms. The second-order valence-corrected chi connectivity index (χ2v) is 9.72. The summed E-state index contributed by atoms with van der Waals surface area (Å²) < 4.78 is 38.7. The lowest BCUT2D eigenvalue weighted by atomic mass is 9.86. The molecule has 0 fully saturated rings. The molecule has 1 aromatic rings. The van der Waals surface area contributed by atoms with Gasteiger partial charge in [0.05, 0.1) is 34.0 Å². The van der Waals surface area contributed by atoms with E-state index in [2.05, 4.69) is 5.32 Å². The SMILES string of the molecule is COCCN(C)S(=O)(=O)C1=C(C)NC(C)=C(C(=O)OC(C)C)C1c1cccc([N+](=O)[O-])c1. The molecule has 0 bridgehead atoms. The molecule has 0 aliphatic carbocycles. The Labute approximate surface area is 188 Å². The number of carbonyl (C=O) groups is 1. The average molecular weight is 468 g/mol. The molecular weight excluding hydrogens is 438 g/mol. The number of hydrogen-bond acceptors (Lipinski definition) is 8. The highest BCUT2D eigenvalue weighted by atomic mass is 32.2. The molecule has 1 aliphatic rings. The molecule has 1 aliphatic heterocycles. The number of nitro groups is 1. The number of non-ortho nitro benzene ring substituents is 1. The molecular formula is C21H29N3O7S. The van der Waals surface area contributed by atoms with Gasteiger partial charge in [0.25, 0.3) is 5.69 Å². The van der Waals surface area contributed by atoms with Crippen molar-refractivity contribution >= 4 is 21.7 Å². The molecule has 0 saturated carbocycles. The smallest absolute Gasteiger partial charge is 0.337 e. The van der Waals surface area contributed by atoms with Gasteiger partial charge in [-0.1, -0.05) is 12.1 Å². The highest BCUT2D eigenvalue weighted by molar-refractivity contribution is 7.93. The van der Waals surface area contributed by atoms with E-state index in [0.717, 1.165) is 4.31 Å². The van der Waals surface area contributed by atoms with Crippen LogP contribution in [0.1, 0.15) is 39.2 Å². The molecule has 1 aromatic carbocycles. The molecule has 0 saturated heterocycles. The number of esters is 1. The Bertz CT molecular complexity index is 1060. The second-order valence-electron chi connectivity index (χ2n) is 7.71.